The van der Waals surface area contributed by atoms with Crippen LogP contribution in [0.15, 0.2) is 57.9 Å². The Morgan fingerprint density at radius 2 is 1.54 bits per heavy atom. The Morgan fingerprint density at radius 1 is 0.919 bits per heavy atom. The molecule has 3 heterocycles. The molecule has 2 N–H and O–H groups in total. The second-order valence-corrected chi connectivity index (χ2v) is 9.94. The van der Waals surface area contributed by atoms with Crippen molar-refractivity contribution < 1.29 is 28.9 Å². The molecular weight excluding hydrogens is 468 g/mol. The second kappa shape index (κ2) is 15.5. The lowest BCUT2D eigenvalue weighted by Crippen LogP contribution is -2.56. The van der Waals surface area contributed by atoms with E-state index in [1.54, 1.807) is 18.3 Å². The van der Waals surface area contributed by atoms with Crippen LogP contribution >= 0.6 is 0 Å². The SMILES string of the molecule is C.C.CC(C)[N+]1(O)CCOCC1.CC(C)c1cccc[n+]1O.Cc1ccc2c(C(C)C)cc(=O)oc2c1. The van der Waals surface area contributed by atoms with Crippen molar-refractivity contribution in [3.05, 3.63) is 75.9 Å². The number of quaternary nitrogens is 1. The van der Waals surface area contributed by atoms with Gasteiger partial charge in [-0.2, -0.15) is 4.65 Å². The number of benzene rings is 1. The zero-order chi connectivity index (χ0) is 26.2. The molecule has 0 unspecified atom stereocenters. The van der Waals surface area contributed by atoms with Crippen LogP contribution in [0, 0.1) is 6.92 Å². The summed E-state index contributed by atoms with van der Waals surface area (Å²) in [7, 11) is 0. The third-order valence-corrected chi connectivity index (χ3v) is 6.22. The van der Waals surface area contributed by atoms with E-state index in [0.717, 1.165) is 40.0 Å². The molecule has 1 aliphatic heterocycles. The summed E-state index contributed by atoms with van der Waals surface area (Å²) in [6, 6.07) is 13.5. The van der Waals surface area contributed by atoms with Crippen molar-refractivity contribution in [1.82, 2.24) is 0 Å². The average Bonchev–Trinajstić information content (AvgIpc) is 2.79. The Balaban J connectivity index is 0.000000528. The minimum atomic E-state index is -0.267. The highest BCUT2D eigenvalue weighted by Crippen LogP contribution is 2.24. The van der Waals surface area contributed by atoms with Gasteiger partial charge in [-0.05, 0) is 49.9 Å². The number of hydrogen-bond acceptors (Lipinski definition) is 5. The smallest absolute Gasteiger partial charge is 0.336 e. The zero-order valence-corrected chi connectivity index (χ0v) is 22.2. The lowest BCUT2D eigenvalue weighted by atomic mass is 9.99. The number of hydrogen-bond donors (Lipinski definition) is 2. The molecule has 4 rings (SSSR count). The molecule has 1 aromatic carbocycles. The van der Waals surface area contributed by atoms with Crippen molar-refractivity contribution in [2.24, 2.45) is 0 Å². The van der Waals surface area contributed by atoms with E-state index < -0.39 is 0 Å². The Labute approximate surface area is 223 Å². The topological polar surface area (TPSA) is 83.8 Å². The van der Waals surface area contributed by atoms with Gasteiger partial charge in [-0.25, -0.2) is 10.0 Å². The lowest BCUT2D eigenvalue weighted by molar-refractivity contribution is -1.12. The third kappa shape index (κ3) is 9.91. The molecule has 0 bridgehead atoms. The minimum absolute atomic E-state index is 0. The van der Waals surface area contributed by atoms with Crippen molar-refractivity contribution in [2.45, 2.75) is 81.2 Å². The Bertz CT molecular complexity index is 1130. The maximum atomic E-state index is 11.4. The number of pyridine rings is 1. The van der Waals surface area contributed by atoms with Crippen LogP contribution in [0.5, 0.6) is 0 Å². The van der Waals surface area contributed by atoms with Crippen molar-refractivity contribution >= 4 is 11.0 Å². The molecular formula is C30H50N2O5+2. The molecule has 7 nitrogen and oxygen atoms in total. The van der Waals surface area contributed by atoms with Crippen LogP contribution in [0.3, 0.4) is 0 Å². The fraction of sp³-hybridized carbons (Fsp3) is 0.533. The van der Waals surface area contributed by atoms with Gasteiger partial charge in [-0.3, -0.25) is 5.21 Å². The van der Waals surface area contributed by atoms with Gasteiger partial charge in [0.15, 0.2) is 0 Å². The third-order valence-electron chi connectivity index (χ3n) is 6.22. The molecule has 37 heavy (non-hydrogen) atoms. The Hall–Kier alpha value is -2.74. The highest BCUT2D eigenvalue weighted by Gasteiger charge is 2.32. The largest absolute Gasteiger partial charge is 0.423 e. The Morgan fingerprint density at radius 3 is 2.00 bits per heavy atom. The molecule has 2 aromatic heterocycles. The summed E-state index contributed by atoms with van der Waals surface area (Å²) in [5, 5.41) is 20.0. The molecule has 0 saturated carbocycles. The highest BCUT2D eigenvalue weighted by molar-refractivity contribution is 5.81. The van der Waals surface area contributed by atoms with Crippen LogP contribution < -0.4 is 10.4 Å². The van der Waals surface area contributed by atoms with E-state index in [1.165, 1.54) is 0 Å². The van der Waals surface area contributed by atoms with E-state index in [4.69, 9.17) is 9.15 Å². The van der Waals surface area contributed by atoms with E-state index in [2.05, 4.69) is 13.8 Å². The summed E-state index contributed by atoms with van der Waals surface area (Å²) < 4.78 is 11.7. The number of fused-ring (bicyclic) bond motifs is 1. The van der Waals surface area contributed by atoms with Crippen LogP contribution in [-0.2, 0) is 4.74 Å². The quantitative estimate of drug-likeness (QED) is 0.180. The summed E-state index contributed by atoms with van der Waals surface area (Å²) in [5.74, 6) is 0.700. The molecule has 0 amide bonds. The average molecular weight is 519 g/mol. The van der Waals surface area contributed by atoms with E-state index in [-0.39, 0.29) is 25.1 Å². The van der Waals surface area contributed by atoms with E-state index in [0.29, 0.717) is 36.7 Å². The van der Waals surface area contributed by atoms with Crippen LogP contribution in [0.2, 0.25) is 0 Å². The van der Waals surface area contributed by atoms with Gasteiger partial charge in [0.25, 0.3) is 0 Å². The second-order valence-electron chi connectivity index (χ2n) is 9.94. The number of rotatable bonds is 3. The fourth-order valence-corrected chi connectivity index (χ4v) is 3.85. The van der Waals surface area contributed by atoms with E-state index in [9.17, 15) is 15.2 Å². The standard InChI is InChI=1S/C13H14O2.C8H12NO.C7H16NO2.2CH4/c1-8(2)11-7-13(14)15-12-6-9(3)4-5-10(11)12;1-7(2)8-5-3-4-6-9(8)10;1-7(2)8(9)3-5-10-6-4-8;;/h4-8H,1-3H3;3-7,10H,1-2H3;7,9H,3-6H2,1-2H3;2*1H4/q;2*+1;;. The first-order valence-corrected chi connectivity index (χ1v) is 12.4. The number of morpholine rings is 1. The summed E-state index contributed by atoms with van der Waals surface area (Å²) >= 11 is 0. The van der Waals surface area contributed by atoms with Crippen molar-refractivity contribution in [1.29, 1.82) is 0 Å². The van der Waals surface area contributed by atoms with Gasteiger partial charge in [0.05, 0.1) is 13.2 Å². The van der Waals surface area contributed by atoms with Gasteiger partial charge in [0, 0.05) is 34.2 Å². The summed E-state index contributed by atoms with van der Waals surface area (Å²) in [4.78, 5) is 11.4. The molecule has 1 aliphatic rings. The number of hydroxylamine groups is 3. The molecule has 0 spiro atoms. The predicted molar refractivity (Wildman–Crippen MR) is 150 cm³/mol. The summed E-state index contributed by atoms with van der Waals surface area (Å²) in [6.07, 6.45) is 1.63. The van der Waals surface area contributed by atoms with Gasteiger partial charge in [-0.15, -0.1) is 0 Å². The molecule has 1 saturated heterocycles. The van der Waals surface area contributed by atoms with Gasteiger partial charge in [-0.1, -0.05) is 54.7 Å². The minimum Gasteiger partial charge on any atom is -0.423 e. The fourth-order valence-electron chi connectivity index (χ4n) is 3.85. The first-order valence-electron chi connectivity index (χ1n) is 12.4. The van der Waals surface area contributed by atoms with Crippen LogP contribution in [-0.4, -0.2) is 47.4 Å². The van der Waals surface area contributed by atoms with Crippen molar-refractivity contribution in [3.63, 3.8) is 0 Å². The molecule has 0 atom stereocenters. The molecule has 0 aliphatic carbocycles. The summed E-state index contributed by atoms with van der Waals surface area (Å²) in [5.41, 5.74) is 3.51. The monoisotopic (exact) mass is 518 g/mol. The molecule has 208 valence electrons. The predicted octanol–water partition coefficient (Wildman–Crippen LogP) is 6.46. The number of ether oxygens (including phenoxy) is 1. The van der Waals surface area contributed by atoms with Crippen molar-refractivity contribution in [3.8, 4) is 0 Å². The maximum absolute atomic E-state index is 11.4. The molecule has 1 fully saturated rings. The van der Waals surface area contributed by atoms with Gasteiger partial charge < -0.3 is 9.15 Å². The number of aromatic nitrogens is 1. The zero-order valence-electron chi connectivity index (χ0n) is 22.2. The molecule has 3 aromatic rings. The number of nitrogens with zero attached hydrogens (tertiary/aromatic N) is 2. The van der Waals surface area contributed by atoms with Crippen LogP contribution in [0.4, 0.5) is 0 Å². The normalized spacial score (nSPS) is 14.1. The first kappa shape index (κ1) is 34.3. The summed E-state index contributed by atoms with van der Waals surface area (Å²) in [6.45, 7) is 17.1. The molecule has 0 radical (unpaired) electrons. The Kier molecular flexibility index (Phi) is 14.3. The van der Waals surface area contributed by atoms with Crippen LogP contribution in [0.1, 0.15) is 85.1 Å². The van der Waals surface area contributed by atoms with Gasteiger partial charge >= 0.3 is 5.63 Å². The lowest BCUT2D eigenvalue weighted by Gasteiger charge is -2.36. The van der Waals surface area contributed by atoms with Gasteiger partial charge in [0.1, 0.15) is 24.7 Å². The number of aryl methyl sites for hydroxylation is 1. The van der Waals surface area contributed by atoms with E-state index >= 15 is 0 Å². The van der Waals surface area contributed by atoms with Crippen LogP contribution in [0.25, 0.3) is 11.0 Å². The molecule has 7 heteroatoms. The van der Waals surface area contributed by atoms with Gasteiger partial charge in [0.2, 0.25) is 11.9 Å². The first-order chi connectivity index (χ1) is 16.4. The maximum Gasteiger partial charge on any atom is 0.336 e. The van der Waals surface area contributed by atoms with Crippen molar-refractivity contribution in [2.75, 3.05) is 26.3 Å². The van der Waals surface area contributed by atoms with E-state index in [1.807, 2.05) is 65.0 Å². The highest BCUT2D eigenvalue weighted by atomic mass is 16.6.